The Morgan fingerprint density at radius 2 is 1.76 bits per heavy atom. The Kier molecular flexibility index (Phi) is 4.26. The Bertz CT molecular complexity index is 619. The summed E-state index contributed by atoms with van der Waals surface area (Å²) in [6, 6.07) is 15.3. The van der Waals surface area contributed by atoms with Crippen LogP contribution in [0.4, 0.5) is 5.69 Å². The first kappa shape index (κ1) is 14.2. The second-order valence-corrected chi connectivity index (χ2v) is 6.07. The SMILES string of the molecule is Cc1ccccc1CN(C)Cc1cccc2c1CCCN2. The molecule has 0 saturated carbocycles. The lowest BCUT2D eigenvalue weighted by Crippen LogP contribution is -2.20. The van der Waals surface area contributed by atoms with Crippen molar-refractivity contribution in [2.24, 2.45) is 0 Å². The number of benzene rings is 2. The molecule has 3 rings (SSSR count). The second-order valence-electron chi connectivity index (χ2n) is 6.07. The lowest BCUT2D eigenvalue weighted by atomic mass is 9.97. The first-order chi connectivity index (χ1) is 10.2. The smallest absolute Gasteiger partial charge is 0.0375 e. The van der Waals surface area contributed by atoms with E-state index in [2.05, 4.69) is 66.7 Å². The van der Waals surface area contributed by atoms with Crippen molar-refractivity contribution in [2.75, 3.05) is 18.9 Å². The summed E-state index contributed by atoms with van der Waals surface area (Å²) >= 11 is 0. The molecule has 21 heavy (non-hydrogen) atoms. The summed E-state index contributed by atoms with van der Waals surface area (Å²) in [7, 11) is 2.21. The summed E-state index contributed by atoms with van der Waals surface area (Å²) in [4.78, 5) is 2.41. The van der Waals surface area contributed by atoms with Crippen LogP contribution in [-0.2, 0) is 19.5 Å². The normalized spacial score (nSPS) is 13.9. The Hall–Kier alpha value is -1.80. The highest BCUT2D eigenvalue weighted by molar-refractivity contribution is 5.56. The molecule has 1 aliphatic heterocycles. The van der Waals surface area contributed by atoms with E-state index in [1.807, 2.05) is 0 Å². The van der Waals surface area contributed by atoms with Crippen LogP contribution < -0.4 is 5.32 Å². The molecule has 2 nitrogen and oxygen atoms in total. The van der Waals surface area contributed by atoms with Gasteiger partial charge in [0.2, 0.25) is 0 Å². The third-order valence-electron chi connectivity index (χ3n) is 4.33. The molecule has 2 aromatic rings. The Balaban J connectivity index is 1.73. The molecular formula is C19H24N2. The van der Waals surface area contributed by atoms with Crippen LogP contribution in [-0.4, -0.2) is 18.5 Å². The molecule has 110 valence electrons. The number of nitrogens with zero attached hydrogens (tertiary/aromatic N) is 1. The highest BCUT2D eigenvalue weighted by Crippen LogP contribution is 2.26. The molecule has 0 radical (unpaired) electrons. The van der Waals surface area contributed by atoms with E-state index in [1.165, 1.54) is 40.8 Å². The highest BCUT2D eigenvalue weighted by atomic mass is 15.1. The predicted molar refractivity (Wildman–Crippen MR) is 89.6 cm³/mol. The average molecular weight is 280 g/mol. The molecule has 1 heterocycles. The van der Waals surface area contributed by atoms with Crippen LogP contribution in [0.2, 0.25) is 0 Å². The number of anilines is 1. The summed E-state index contributed by atoms with van der Waals surface area (Å²) in [5.41, 5.74) is 7.11. The van der Waals surface area contributed by atoms with E-state index in [1.54, 1.807) is 0 Å². The molecule has 2 heteroatoms. The van der Waals surface area contributed by atoms with Gasteiger partial charge in [0.05, 0.1) is 0 Å². The Morgan fingerprint density at radius 1 is 1.00 bits per heavy atom. The summed E-state index contributed by atoms with van der Waals surface area (Å²) in [5, 5.41) is 3.52. The lowest BCUT2D eigenvalue weighted by Gasteiger charge is -2.24. The molecule has 0 atom stereocenters. The monoisotopic (exact) mass is 280 g/mol. The molecule has 0 fully saturated rings. The van der Waals surface area contributed by atoms with Gasteiger partial charge in [-0.15, -0.1) is 0 Å². The van der Waals surface area contributed by atoms with Crippen LogP contribution in [0.15, 0.2) is 42.5 Å². The maximum Gasteiger partial charge on any atom is 0.0375 e. The number of nitrogens with one attached hydrogen (secondary N) is 1. The first-order valence-electron chi connectivity index (χ1n) is 7.82. The molecule has 0 aliphatic carbocycles. The minimum Gasteiger partial charge on any atom is -0.385 e. The minimum absolute atomic E-state index is 1.00. The van der Waals surface area contributed by atoms with Crippen LogP contribution in [0.5, 0.6) is 0 Å². The predicted octanol–water partition coefficient (Wildman–Crippen LogP) is 3.99. The van der Waals surface area contributed by atoms with Gasteiger partial charge in [0.25, 0.3) is 0 Å². The molecule has 1 N–H and O–H groups in total. The van der Waals surface area contributed by atoms with E-state index in [4.69, 9.17) is 0 Å². The van der Waals surface area contributed by atoms with Gasteiger partial charge in [0.1, 0.15) is 0 Å². The largest absolute Gasteiger partial charge is 0.385 e. The van der Waals surface area contributed by atoms with Gasteiger partial charge >= 0.3 is 0 Å². The van der Waals surface area contributed by atoms with Crippen molar-refractivity contribution in [2.45, 2.75) is 32.9 Å². The van der Waals surface area contributed by atoms with Crippen LogP contribution in [0.25, 0.3) is 0 Å². The molecule has 0 unspecified atom stereocenters. The molecule has 0 saturated heterocycles. The van der Waals surface area contributed by atoms with Crippen molar-refractivity contribution in [3.63, 3.8) is 0 Å². The molecule has 0 bridgehead atoms. The van der Waals surface area contributed by atoms with Crippen molar-refractivity contribution in [1.29, 1.82) is 0 Å². The quantitative estimate of drug-likeness (QED) is 0.911. The highest BCUT2D eigenvalue weighted by Gasteiger charge is 2.13. The standard InChI is InChI=1S/C19H24N2/c1-15-7-3-4-8-16(15)13-21(2)14-17-9-5-11-19-18(17)10-6-12-20-19/h3-5,7-9,11,20H,6,10,12-14H2,1-2H3. The molecule has 1 aliphatic rings. The Morgan fingerprint density at radius 3 is 2.62 bits per heavy atom. The zero-order chi connectivity index (χ0) is 14.7. The van der Waals surface area contributed by atoms with Gasteiger partial charge < -0.3 is 5.32 Å². The third-order valence-corrected chi connectivity index (χ3v) is 4.33. The van der Waals surface area contributed by atoms with Gasteiger partial charge in [-0.2, -0.15) is 0 Å². The van der Waals surface area contributed by atoms with E-state index in [0.717, 1.165) is 19.6 Å². The van der Waals surface area contributed by atoms with E-state index in [9.17, 15) is 0 Å². The third kappa shape index (κ3) is 3.27. The van der Waals surface area contributed by atoms with Gasteiger partial charge in [-0.05, 0) is 55.1 Å². The van der Waals surface area contributed by atoms with E-state index in [0.29, 0.717) is 0 Å². The van der Waals surface area contributed by atoms with Crippen molar-refractivity contribution in [1.82, 2.24) is 4.90 Å². The molecule has 2 aromatic carbocycles. The fraction of sp³-hybridized carbons (Fsp3) is 0.368. The van der Waals surface area contributed by atoms with Gasteiger partial charge in [-0.3, -0.25) is 4.90 Å². The number of aryl methyl sites for hydroxylation is 1. The topological polar surface area (TPSA) is 15.3 Å². The van der Waals surface area contributed by atoms with E-state index >= 15 is 0 Å². The number of hydrogen-bond acceptors (Lipinski definition) is 2. The van der Waals surface area contributed by atoms with Crippen molar-refractivity contribution in [3.05, 3.63) is 64.7 Å². The van der Waals surface area contributed by atoms with Gasteiger partial charge in [0.15, 0.2) is 0 Å². The molecular weight excluding hydrogens is 256 g/mol. The van der Waals surface area contributed by atoms with Crippen LogP contribution in [0.1, 0.15) is 28.7 Å². The van der Waals surface area contributed by atoms with E-state index in [-0.39, 0.29) is 0 Å². The zero-order valence-corrected chi connectivity index (χ0v) is 13.0. The first-order valence-corrected chi connectivity index (χ1v) is 7.82. The van der Waals surface area contributed by atoms with Gasteiger partial charge in [-0.1, -0.05) is 36.4 Å². The second kappa shape index (κ2) is 6.31. The van der Waals surface area contributed by atoms with Crippen molar-refractivity contribution < 1.29 is 0 Å². The lowest BCUT2D eigenvalue weighted by molar-refractivity contribution is 0.317. The number of fused-ring (bicyclic) bond motifs is 1. The molecule has 0 aromatic heterocycles. The summed E-state index contributed by atoms with van der Waals surface area (Å²) in [6.07, 6.45) is 2.45. The van der Waals surface area contributed by atoms with Crippen molar-refractivity contribution >= 4 is 5.69 Å². The van der Waals surface area contributed by atoms with Crippen molar-refractivity contribution in [3.8, 4) is 0 Å². The summed E-state index contributed by atoms with van der Waals surface area (Å²) < 4.78 is 0. The molecule has 0 amide bonds. The van der Waals surface area contributed by atoms with Gasteiger partial charge in [0, 0.05) is 25.3 Å². The van der Waals surface area contributed by atoms with Crippen LogP contribution >= 0.6 is 0 Å². The fourth-order valence-electron chi connectivity index (χ4n) is 3.16. The van der Waals surface area contributed by atoms with Crippen LogP contribution in [0.3, 0.4) is 0 Å². The maximum atomic E-state index is 3.52. The minimum atomic E-state index is 1.00. The maximum absolute atomic E-state index is 3.52. The van der Waals surface area contributed by atoms with E-state index < -0.39 is 0 Å². The molecule has 0 spiro atoms. The number of rotatable bonds is 4. The summed E-state index contributed by atoms with van der Waals surface area (Å²) in [5.74, 6) is 0. The number of hydrogen-bond donors (Lipinski definition) is 1. The summed E-state index contributed by atoms with van der Waals surface area (Å²) in [6.45, 7) is 5.32. The fourth-order valence-corrected chi connectivity index (χ4v) is 3.16. The zero-order valence-electron chi connectivity index (χ0n) is 13.0. The van der Waals surface area contributed by atoms with Crippen LogP contribution in [0, 0.1) is 6.92 Å². The average Bonchev–Trinajstić information content (AvgIpc) is 2.50. The Labute approximate surface area is 127 Å². The van der Waals surface area contributed by atoms with Gasteiger partial charge in [-0.25, -0.2) is 0 Å².